The molecule has 0 aliphatic rings. The van der Waals surface area contributed by atoms with E-state index >= 15 is 0 Å². The average Bonchev–Trinajstić information content (AvgIpc) is 2.45. The van der Waals surface area contributed by atoms with E-state index in [2.05, 4.69) is 0 Å². The van der Waals surface area contributed by atoms with E-state index in [0.29, 0.717) is 25.1 Å². The number of amides is 1. The van der Waals surface area contributed by atoms with Gasteiger partial charge in [-0.05, 0) is 30.7 Å². The summed E-state index contributed by atoms with van der Waals surface area (Å²) >= 11 is 0. The Hall–Kier alpha value is -1.92. The third kappa shape index (κ3) is 4.64. The van der Waals surface area contributed by atoms with Crippen molar-refractivity contribution in [3.8, 4) is 0 Å². The summed E-state index contributed by atoms with van der Waals surface area (Å²) in [5, 5.41) is 17.9. The molecule has 0 atom stereocenters. The maximum atomic E-state index is 12.1. The van der Waals surface area contributed by atoms with E-state index in [1.165, 1.54) is 17.0 Å². The molecule has 0 aromatic heterocycles. The number of carboxylic acid groups (broad SMARTS) is 1. The minimum Gasteiger partial charge on any atom is -0.478 e. The van der Waals surface area contributed by atoms with Crippen molar-refractivity contribution in [2.45, 2.75) is 12.8 Å². The highest BCUT2D eigenvalue weighted by Crippen LogP contribution is 2.17. The zero-order valence-corrected chi connectivity index (χ0v) is 11.4. The Bertz CT molecular complexity index is 443. The fourth-order valence-electron chi connectivity index (χ4n) is 1.78. The second-order valence-electron chi connectivity index (χ2n) is 4.22. The molecule has 110 valence electrons. The van der Waals surface area contributed by atoms with Gasteiger partial charge in [0.2, 0.25) is 5.91 Å². The Kier molecular flexibility index (Phi) is 6.69. The highest BCUT2D eigenvalue weighted by Gasteiger charge is 2.15. The molecule has 1 aromatic rings. The number of carbonyl (C=O) groups is 2. The molecular formula is C14H19NO5. The smallest absolute Gasteiger partial charge is 0.335 e. The summed E-state index contributed by atoms with van der Waals surface area (Å²) in [6.07, 6.45) is 0.916. The van der Waals surface area contributed by atoms with Crippen molar-refractivity contribution in [2.24, 2.45) is 0 Å². The molecule has 0 radical (unpaired) electrons. The van der Waals surface area contributed by atoms with Gasteiger partial charge in [0.05, 0.1) is 12.2 Å². The fourth-order valence-corrected chi connectivity index (χ4v) is 1.78. The zero-order chi connectivity index (χ0) is 15.0. The number of aromatic carboxylic acids is 1. The van der Waals surface area contributed by atoms with Crippen LogP contribution in [0.15, 0.2) is 24.3 Å². The van der Waals surface area contributed by atoms with Crippen LogP contribution in [-0.2, 0) is 9.53 Å². The highest BCUT2D eigenvalue weighted by atomic mass is 16.5. The quantitative estimate of drug-likeness (QED) is 0.698. The molecule has 0 aliphatic carbocycles. The number of carboxylic acids is 1. The summed E-state index contributed by atoms with van der Waals surface area (Å²) in [5.41, 5.74) is 0.732. The van der Waals surface area contributed by atoms with Gasteiger partial charge in [0.1, 0.15) is 0 Å². The van der Waals surface area contributed by atoms with E-state index in [1.807, 2.05) is 0 Å². The van der Waals surface area contributed by atoms with Crippen LogP contribution in [0.2, 0.25) is 0 Å². The van der Waals surface area contributed by atoms with Gasteiger partial charge in [0.25, 0.3) is 0 Å². The molecule has 0 aliphatic heterocycles. The Balaban J connectivity index is 2.78. The van der Waals surface area contributed by atoms with Crippen molar-refractivity contribution in [1.82, 2.24) is 0 Å². The lowest BCUT2D eigenvalue weighted by Crippen LogP contribution is -2.33. The van der Waals surface area contributed by atoms with E-state index in [1.54, 1.807) is 19.2 Å². The number of benzene rings is 1. The maximum absolute atomic E-state index is 12.1. The van der Waals surface area contributed by atoms with Crippen LogP contribution in [0.25, 0.3) is 0 Å². The van der Waals surface area contributed by atoms with E-state index in [9.17, 15) is 9.59 Å². The molecule has 0 bridgehead atoms. The molecule has 0 saturated carbocycles. The molecule has 0 unspecified atom stereocenters. The number of hydrogen-bond acceptors (Lipinski definition) is 4. The first-order chi connectivity index (χ1) is 9.60. The third-order valence-electron chi connectivity index (χ3n) is 2.79. The van der Waals surface area contributed by atoms with Crippen LogP contribution in [-0.4, -0.2) is 49.0 Å². The molecule has 6 nitrogen and oxygen atoms in total. The number of rotatable bonds is 8. The molecular weight excluding hydrogens is 262 g/mol. The largest absolute Gasteiger partial charge is 0.478 e. The minimum absolute atomic E-state index is 0.126. The Morgan fingerprint density at radius 3 is 2.40 bits per heavy atom. The van der Waals surface area contributed by atoms with Crippen LogP contribution in [0, 0.1) is 0 Å². The molecule has 1 amide bonds. The Morgan fingerprint density at radius 1 is 1.25 bits per heavy atom. The second-order valence-corrected chi connectivity index (χ2v) is 4.22. The molecule has 20 heavy (non-hydrogen) atoms. The number of aliphatic hydroxyl groups excluding tert-OH is 1. The molecule has 0 fully saturated rings. The third-order valence-corrected chi connectivity index (χ3v) is 2.79. The summed E-state index contributed by atoms with van der Waals surface area (Å²) in [4.78, 5) is 24.3. The van der Waals surface area contributed by atoms with Gasteiger partial charge >= 0.3 is 5.97 Å². The number of methoxy groups -OCH3 is 1. The van der Waals surface area contributed by atoms with Crippen LogP contribution in [0.3, 0.4) is 0 Å². The molecule has 6 heteroatoms. The molecule has 0 heterocycles. The predicted octanol–water partition coefficient (Wildman–Crippen LogP) is 1.14. The van der Waals surface area contributed by atoms with Crippen LogP contribution in [0.5, 0.6) is 0 Å². The fraction of sp³-hybridized carbons (Fsp3) is 0.429. The average molecular weight is 281 g/mol. The summed E-state index contributed by atoms with van der Waals surface area (Å²) in [5.74, 6) is -1.14. The van der Waals surface area contributed by atoms with Gasteiger partial charge in [-0.1, -0.05) is 0 Å². The topological polar surface area (TPSA) is 87.1 Å². The number of aliphatic hydroxyl groups is 1. The normalized spacial score (nSPS) is 10.3. The summed E-state index contributed by atoms with van der Waals surface area (Å²) < 4.78 is 4.89. The standard InChI is InChI=1S/C14H19NO5/c1-20-10-2-3-13(17)15(8-9-16)12-6-4-11(5-7-12)14(18)19/h4-7,16H,2-3,8-10H2,1H3,(H,18,19). The SMILES string of the molecule is COCCCC(=O)N(CCO)c1ccc(C(=O)O)cc1. The van der Waals surface area contributed by atoms with Gasteiger partial charge in [0.15, 0.2) is 0 Å². The Labute approximate surface area is 117 Å². The lowest BCUT2D eigenvalue weighted by atomic mass is 10.2. The van der Waals surface area contributed by atoms with Crippen molar-refractivity contribution in [1.29, 1.82) is 0 Å². The molecule has 0 saturated heterocycles. The number of hydrogen-bond donors (Lipinski definition) is 2. The number of nitrogens with zero attached hydrogens (tertiary/aromatic N) is 1. The summed E-state index contributed by atoms with van der Waals surface area (Å²) in [6, 6.07) is 6.00. The van der Waals surface area contributed by atoms with Gasteiger partial charge in [-0.15, -0.1) is 0 Å². The number of carbonyl (C=O) groups excluding carboxylic acids is 1. The molecule has 0 spiro atoms. The lowest BCUT2D eigenvalue weighted by molar-refractivity contribution is -0.119. The highest BCUT2D eigenvalue weighted by molar-refractivity contribution is 5.94. The van der Waals surface area contributed by atoms with E-state index in [4.69, 9.17) is 14.9 Å². The minimum atomic E-state index is -1.02. The van der Waals surface area contributed by atoms with Gasteiger partial charge in [-0.25, -0.2) is 4.79 Å². The molecule has 1 aromatic carbocycles. The first kappa shape index (κ1) is 16.1. The monoisotopic (exact) mass is 281 g/mol. The van der Waals surface area contributed by atoms with Crippen LogP contribution in [0.4, 0.5) is 5.69 Å². The van der Waals surface area contributed by atoms with Gasteiger partial charge < -0.3 is 19.8 Å². The first-order valence-electron chi connectivity index (χ1n) is 6.33. The summed E-state index contributed by atoms with van der Waals surface area (Å²) in [7, 11) is 1.57. The Morgan fingerprint density at radius 2 is 1.90 bits per heavy atom. The second kappa shape index (κ2) is 8.29. The van der Waals surface area contributed by atoms with Crippen molar-refractivity contribution in [2.75, 3.05) is 31.8 Å². The van der Waals surface area contributed by atoms with Crippen LogP contribution >= 0.6 is 0 Å². The zero-order valence-electron chi connectivity index (χ0n) is 11.4. The van der Waals surface area contributed by atoms with E-state index in [0.717, 1.165) is 0 Å². The first-order valence-corrected chi connectivity index (χ1v) is 6.33. The van der Waals surface area contributed by atoms with Gasteiger partial charge in [0, 0.05) is 32.4 Å². The van der Waals surface area contributed by atoms with E-state index in [-0.39, 0.29) is 24.6 Å². The predicted molar refractivity (Wildman–Crippen MR) is 74.0 cm³/mol. The van der Waals surface area contributed by atoms with Crippen LogP contribution in [0.1, 0.15) is 23.2 Å². The van der Waals surface area contributed by atoms with Crippen molar-refractivity contribution >= 4 is 17.6 Å². The van der Waals surface area contributed by atoms with E-state index < -0.39 is 5.97 Å². The molecule has 1 rings (SSSR count). The van der Waals surface area contributed by atoms with Crippen molar-refractivity contribution in [3.05, 3.63) is 29.8 Å². The van der Waals surface area contributed by atoms with Crippen molar-refractivity contribution < 1.29 is 24.5 Å². The molecule has 2 N–H and O–H groups in total. The lowest BCUT2D eigenvalue weighted by Gasteiger charge is -2.22. The number of anilines is 1. The maximum Gasteiger partial charge on any atom is 0.335 e. The number of ether oxygens (including phenoxy) is 1. The summed E-state index contributed by atoms with van der Waals surface area (Å²) in [6.45, 7) is 0.519. The van der Waals surface area contributed by atoms with Crippen molar-refractivity contribution in [3.63, 3.8) is 0 Å². The van der Waals surface area contributed by atoms with Gasteiger partial charge in [-0.2, -0.15) is 0 Å². The van der Waals surface area contributed by atoms with Crippen LogP contribution < -0.4 is 4.90 Å². The van der Waals surface area contributed by atoms with Gasteiger partial charge in [-0.3, -0.25) is 4.79 Å².